The zero-order valence-corrected chi connectivity index (χ0v) is 7.69. The Morgan fingerprint density at radius 3 is 2.92 bits per heavy atom. The van der Waals surface area contributed by atoms with Gasteiger partial charge in [0, 0.05) is 0 Å². The van der Waals surface area contributed by atoms with E-state index in [9.17, 15) is 4.79 Å². The molecular weight excluding hydrogens is 168 g/mol. The Bertz CT molecular complexity index is 254. The first kappa shape index (κ1) is 7.62. The highest BCUT2D eigenvalue weighted by Gasteiger charge is 2.58. The third-order valence-electron chi connectivity index (χ3n) is 3.83. The SMILES string of the molecule is COC(=O)N1N[C@H]2[C@H]3CC[C@@H](C3)[C@@H]21. The minimum absolute atomic E-state index is 0.228. The average Bonchev–Trinajstić information content (AvgIpc) is 2.59. The smallest absolute Gasteiger partial charge is 0.424 e. The van der Waals surface area contributed by atoms with Crippen molar-refractivity contribution in [2.45, 2.75) is 31.3 Å². The second-order valence-electron chi connectivity index (χ2n) is 4.32. The number of nitrogens with one attached hydrogen (secondary N) is 1. The van der Waals surface area contributed by atoms with Crippen LogP contribution in [0.5, 0.6) is 0 Å². The van der Waals surface area contributed by atoms with Gasteiger partial charge < -0.3 is 4.74 Å². The van der Waals surface area contributed by atoms with Crippen molar-refractivity contribution in [3.05, 3.63) is 0 Å². The first-order chi connectivity index (χ1) is 6.31. The Kier molecular flexibility index (Phi) is 1.39. The molecule has 3 aliphatic rings. The van der Waals surface area contributed by atoms with Gasteiger partial charge in [-0.15, -0.1) is 0 Å². The minimum Gasteiger partial charge on any atom is -0.452 e. The lowest BCUT2D eigenvalue weighted by Crippen LogP contribution is -2.72. The number of methoxy groups -OCH3 is 1. The van der Waals surface area contributed by atoms with Crippen LogP contribution in [0.25, 0.3) is 0 Å². The largest absolute Gasteiger partial charge is 0.452 e. The summed E-state index contributed by atoms with van der Waals surface area (Å²) in [6.45, 7) is 0. The second kappa shape index (κ2) is 2.38. The van der Waals surface area contributed by atoms with E-state index < -0.39 is 0 Å². The monoisotopic (exact) mass is 182 g/mol. The quantitative estimate of drug-likeness (QED) is 0.600. The molecule has 0 aromatic carbocycles. The number of fused-ring (bicyclic) bond motifs is 5. The molecule has 1 aliphatic heterocycles. The molecule has 0 spiro atoms. The zero-order chi connectivity index (χ0) is 9.00. The summed E-state index contributed by atoms with van der Waals surface area (Å²) in [6, 6.07) is 1.00. The summed E-state index contributed by atoms with van der Waals surface area (Å²) in [5.74, 6) is 1.55. The highest BCUT2D eigenvalue weighted by atomic mass is 16.5. The molecule has 3 rings (SSSR count). The Balaban J connectivity index is 1.75. The maximum atomic E-state index is 11.3. The van der Waals surface area contributed by atoms with E-state index in [1.54, 1.807) is 5.01 Å². The summed E-state index contributed by atoms with van der Waals surface area (Å²) in [7, 11) is 1.44. The van der Waals surface area contributed by atoms with Crippen molar-refractivity contribution in [1.82, 2.24) is 10.4 Å². The summed E-state index contributed by atoms with van der Waals surface area (Å²) >= 11 is 0. The molecule has 0 unspecified atom stereocenters. The standard InChI is InChI=1S/C9H14N2O2/c1-13-9(12)11-8-6-3-2-5(4-6)7(8)10-11/h5-8,10H,2-4H2,1H3/t5-,6-,7-,8-/m0/s1. The van der Waals surface area contributed by atoms with Crippen LogP contribution >= 0.6 is 0 Å². The number of hydrogen-bond donors (Lipinski definition) is 1. The van der Waals surface area contributed by atoms with E-state index in [-0.39, 0.29) is 6.09 Å². The molecule has 13 heavy (non-hydrogen) atoms. The van der Waals surface area contributed by atoms with Gasteiger partial charge in [-0.2, -0.15) is 0 Å². The summed E-state index contributed by atoms with van der Waals surface area (Å²) in [4.78, 5) is 11.3. The number of carbonyl (C=O) groups is 1. The van der Waals surface area contributed by atoms with Gasteiger partial charge in [-0.3, -0.25) is 0 Å². The fourth-order valence-electron chi connectivity index (χ4n) is 3.25. The molecule has 1 heterocycles. The van der Waals surface area contributed by atoms with Crippen molar-refractivity contribution in [3.8, 4) is 0 Å². The Hall–Kier alpha value is -0.770. The maximum Gasteiger partial charge on any atom is 0.424 e. The highest BCUT2D eigenvalue weighted by Crippen LogP contribution is 2.50. The number of nitrogens with zero attached hydrogens (tertiary/aromatic N) is 1. The number of carbonyl (C=O) groups excluding carboxylic acids is 1. The molecule has 1 saturated heterocycles. The van der Waals surface area contributed by atoms with Gasteiger partial charge in [0.15, 0.2) is 0 Å². The van der Waals surface area contributed by atoms with E-state index in [1.807, 2.05) is 0 Å². The van der Waals surface area contributed by atoms with Gasteiger partial charge in [0.25, 0.3) is 0 Å². The van der Waals surface area contributed by atoms with Crippen molar-refractivity contribution in [2.24, 2.45) is 11.8 Å². The van der Waals surface area contributed by atoms with Crippen LogP contribution < -0.4 is 5.43 Å². The lowest BCUT2D eigenvalue weighted by molar-refractivity contribution is -0.0455. The van der Waals surface area contributed by atoms with Crippen LogP contribution in [0.4, 0.5) is 4.79 Å². The van der Waals surface area contributed by atoms with Crippen molar-refractivity contribution < 1.29 is 9.53 Å². The summed E-state index contributed by atoms with van der Waals surface area (Å²) in [5, 5.41) is 1.68. The van der Waals surface area contributed by atoms with Gasteiger partial charge >= 0.3 is 6.09 Å². The molecule has 3 fully saturated rings. The van der Waals surface area contributed by atoms with E-state index >= 15 is 0 Å². The van der Waals surface area contributed by atoms with Gasteiger partial charge in [-0.25, -0.2) is 15.2 Å². The molecule has 0 radical (unpaired) electrons. The lowest BCUT2D eigenvalue weighted by Gasteiger charge is -2.49. The van der Waals surface area contributed by atoms with Gasteiger partial charge in [0.1, 0.15) is 0 Å². The summed E-state index contributed by atoms with van der Waals surface area (Å²) < 4.78 is 4.69. The Labute approximate surface area is 77.2 Å². The second-order valence-corrected chi connectivity index (χ2v) is 4.32. The van der Waals surface area contributed by atoms with Crippen molar-refractivity contribution in [1.29, 1.82) is 0 Å². The molecule has 2 aliphatic carbocycles. The molecule has 1 amide bonds. The first-order valence-electron chi connectivity index (χ1n) is 4.94. The van der Waals surface area contributed by atoms with Gasteiger partial charge in [-0.05, 0) is 31.1 Å². The minimum atomic E-state index is -0.228. The lowest BCUT2D eigenvalue weighted by atomic mass is 9.87. The fourth-order valence-corrected chi connectivity index (χ4v) is 3.25. The normalized spacial score (nSPS) is 45.8. The van der Waals surface area contributed by atoms with Crippen LogP contribution in [0.15, 0.2) is 0 Å². The van der Waals surface area contributed by atoms with Crippen LogP contribution in [0.2, 0.25) is 0 Å². The zero-order valence-electron chi connectivity index (χ0n) is 7.69. The van der Waals surface area contributed by atoms with Crippen LogP contribution in [0.3, 0.4) is 0 Å². The van der Waals surface area contributed by atoms with Crippen LogP contribution in [-0.4, -0.2) is 30.3 Å². The fraction of sp³-hybridized carbons (Fsp3) is 0.889. The number of ether oxygens (including phenoxy) is 1. The number of amides is 1. The molecule has 0 aromatic heterocycles. The van der Waals surface area contributed by atoms with Gasteiger partial charge in [-0.1, -0.05) is 0 Å². The van der Waals surface area contributed by atoms with Crippen molar-refractivity contribution in [2.75, 3.05) is 7.11 Å². The molecule has 4 nitrogen and oxygen atoms in total. The maximum absolute atomic E-state index is 11.3. The molecule has 2 saturated carbocycles. The highest BCUT2D eigenvalue weighted by molar-refractivity contribution is 5.68. The van der Waals surface area contributed by atoms with E-state index in [1.165, 1.54) is 26.4 Å². The van der Waals surface area contributed by atoms with Gasteiger partial charge in [0.2, 0.25) is 0 Å². The topological polar surface area (TPSA) is 41.6 Å². The molecule has 72 valence electrons. The van der Waals surface area contributed by atoms with Gasteiger partial charge in [0.05, 0.1) is 19.2 Å². The predicted octanol–water partition coefficient (Wildman–Crippen LogP) is 0.740. The molecule has 2 bridgehead atoms. The Morgan fingerprint density at radius 2 is 2.23 bits per heavy atom. The van der Waals surface area contributed by atoms with Crippen LogP contribution in [0, 0.1) is 11.8 Å². The third kappa shape index (κ3) is 0.817. The number of hydrazine groups is 1. The number of hydrogen-bond acceptors (Lipinski definition) is 3. The van der Waals surface area contributed by atoms with Crippen LogP contribution in [0.1, 0.15) is 19.3 Å². The third-order valence-corrected chi connectivity index (χ3v) is 3.83. The summed E-state index contributed by atoms with van der Waals surface area (Å²) in [5.41, 5.74) is 3.18. The molecule has 1 N–H and O–H groups in total. The molecule has 4 atom stereocenters. The average molecular weight is 182 g/mol. The molecular formula is C9H14N2O2. The van der Waals surface area contributed by atoms with E-state index in [4.69, 9.17) is 4.74 Å². The van der Waals surface area contributed by atoms with E-state index in [0.29, 0.717) is 12.1 Å². The van der Waals surface area contributed by atoms with E-state index in [2.05, 4.69) is 5.43 Å². The Morgan fingerprint density at radius 1 is 1.46 bits per heavy atom. The van der Waals surface area contributed by atoms with Crippen LogP contribution in [-0.2, 0) is 4.74 Å². The van der Waals surface area contributed by atoms with Crippen molar-refractivity contribution in [3.63, 3.8) is 0 Å². The summed E-state index contributed by atoms with van der Waals surface area (Å²) in [6.07, 6.45) is 3.71. The van der Waals surface area contributed by atoms with Crippen molar-refractivity contribution >= 4 is 6.09 Å². The molecule has 0 aromatic rings. The molecule has 4 heteroatoms. The number of rotatable bonds is 0. The predicted molar refractivity (Wildman–Crippen MR) is 45.8 cm³/mol. The first-order valence-corrected chi connectivity index (χ1v) is 4.94. The van der Waals surface area contributed by atoms with E-state index in [0.717, 1.165) is 11.8 Å².